The Hall–Kier alpha value is -0.465. The third kappa shape index (κ3) is 0.724. The van der Waals surface area contributed by atoms with Crippen LogP contribution in [0, 0.1) is 0 Å². The molecular formula is C5H10BNO. The van der Waals surface area contributed by atoms with Crippen LogP contribution in [0.2, 0.25) is 0 Å². The summed E-state index contributed by atoms with van der Waals surface area (Å²) in [6.07, 6.45) is 1.78. The summed E-state index contributed by atoms with van der Waals surface area (Å²) in [6, 6.07) is 0.475. The molecule has 1 saturated heterocycles. The number of rotatable bonds is 0. The second-order valence-electron chi connectivity index (χ2n) is 2.39. The molecule has 1 aliphatic rings. The summed E-state index contributed by atoms with van der Waals surface area (Å²) in [5.74, 6) is 0.289. The molecule has 0 spiro atoms. The zero-order valence-electron chi connectivity index (χ0n) is 5.35. The zero-order valence-corrected chi connectivity index (χ0v) is 5.35. The number of hydrogen-bond acceptors (Lipinski definition) is 1. The van der Waals surface area contributed by atoms with Gasteiger partial charge in [-0.05, 0) is 13.3 Å². The van der Waals surface area contributed by atoms with E-state index in [2.05, 4.69) is 6.92 Å². The Bertz CT molecular complexity index is 115. The van der Waals surface area contributed by atoms with Gasteiger partial charge in [0.1, 0.15) is 0 Å². The SMILES string of the molecule is BN1C(=O)CC[C@H]1C. The molecule has 0 aromatic carbocycles. The molecule has 1 amide bonds. The minimum atomic E-state index is 0.289. The third-order valence-corrected chi connectivity index (χ3v) is 1.83. The first-order chi connectivity index (χ1) is 3.72. The van der Waals surface area contributed by atoms with Gasteiger partial charge >= 0.3 is 0 Å². The summed E-state index contributed by atoms with van der Waals surface area (Å²) in [4.78, 5) is 12.5. The van der Waals surface area contributed by atoms with Crippen molar-refractivity contribution in [1.82, 2.24) is 4.81 Å². The molecule has 0 aromatic heterocycles. The van der Waals surface area contributed by atoms with Crippen LogP contribution in [0.1, 0.15) is 19.8 Å². The van der Waals surface area contributed by atoms with Gasteiger partial charge in [-0.3, -0.25) is 4.79 Å². The molecule has 0 bridgehead atoms. The number of carbonyl (C=O) groups is 1. The van der Waals surface area contributed by atoms with Gasteiger partial charge in [-0.15, -0.1) is 0 Å². The molecule has 8 heavy (non-hydrogen) atoms. The van der Waals surface area contributed by atoms with Crippen molar-refractivity contribution < 1.29 is 4.79 Å². The molecule has 0 unspecified atom stereocenters. The topological polar surface area (TPSA) is 20.3 Å². The lowest BCUT2D eigenvalue weighted by Crippen LogP contribution is -2.27. The molecule has 1 aliphatic heterocycles. The third-order valence-electron chi connectivity index (χ3n) is 1.83. The van der Waals surface area contributed by atoms with Crippen molar-refractivity contribution in [1.29, 1.82) is 0 Å². The number of carbonyl (C=O) groups excluding carboxylic acids is 1. The molecule has 0 aromatic rings. The molecule has 1 heterocycles. The maximum Gasteiger partial charge on any atom is 0.221 e. The van der Waals surface area contributed by atoms with Crippen molar-refractivity contribution >= 4 is 13.9 Å². The summed E-state index contributed by atoms with van der Waals surface area (Å²) in [7, 11) is 1.86. The van der Waals surface area contributed by atoms with Gasteiger partial charge < -0.3 is 4.81 Å². The van der Waals surface area contributed by atoms with E-state index in [1.807, 2.05) is 7.98 Å². The Morgan fingerprint density at radius 3 is 2.62 bits per heavy atom. The van der Waals surface area contributed by atoms with Crippen molar-refractivity contribution in [2.24, 2.45) is 0 Å². The minimum Gasteiger partial charge on any atom is -0.391 e. The fourth-order valence-corrected chi connectivity index (χ4v) is 0.948. The summed E-state index contributed by atoms with van der Waals surface area (Å²) >= 11 is 0. The van der Waals surface area contributed by atoms with Crippen LogP contribution in [0.25, 0.3) is 0 Å². The Morgan fingerprint density at radius 2 is 2.50 bits per heavy atom. The fraction of sp³-hybridized carbons (Fsp3) is 0.800. The van der Waals surface area contributed by atoms with Crippen LogP contribution >= 0.6 is 0 Å². The standard InChI is InChI=1S/C5H10BNO/c1-4-2-3-5(8)7(4)6/h4H,2-3,6H2,1H3/t4-/m1/s1. The molecule has 0 aliphatic carbocycles. The van der Waals surface area contributed by atoms with E-state index >= 15 is 0 Å². The number of nitrogens with zero attached hydrogens (tertiary/aromatic N) is 1. The first kappa shape index (κ1) is 5.67. The van der Waals surface area contributed by atoms with E-state index < -0.39 is 0 Å². The van der Waals surface area contributed by atoms with Crippen molar-refractivity contribution in [2.45, 2.75) is 25.8 Å². The van der Waals surface area contributed by atoms with Gasteiger partial charge in [0.05, 0.1) is 0 Å². The van der Waals surface area contributed by atoms with Crippen molar-refractivity contribution in [2.75, 3.05) is 0 Å². The Kier molecular flexibility index (Phi) is 1.28. The molecule has 0 saturated carbocycles. The summed E-state index contributed by atoms with van der Waals surface area (Å²) in [6.45, 7) is 2.07. The highest BCUT2D eigenvalue weighted by molar-refractivity contribution is 6.15. The monoisotopic (exact) mass is 111 g/mol. The van der Waals surface area contributed by atoms with Crippen LogP contribution in [-0.4, -0.2) is 24.7 Å². The molecule has 1 atom stereocenters. The van der Waals surface area contributed by atoms with Crippen LogP contribution < -0.4 is 0 Å². The van der Waals surface area contributed by atoms with E-state index in [0.29, 0.717) is 6.04 Å². The number of hydrogen-bond donors (Lipinski definition) is 0. The van der Waals surface area contributed by atoms with E-state index in [-0.39, 0.29) is 5.91 Å². The minimum absolute atomic E-state index is 0.289. The highest BCUT2D eigenvalue weighted by atomic mass is 16.2. The first-order valence-corrected chi connectivity index (χ1v) is 2.97. The Morgan fingerprint density at radius 1 is 1.88 bits per heavy atom. The molecule has 1 rings (SSSR count). The highest BCUT2D eigenvalue weighted by Gasteiger charge is 2.22. The average molecular weight is 111 g/mol. The molecule has 0 radical (unpaired) electrons. The van der Waals surface area contributed by atoms with Crippen LogP contribution in [0.5, 0.6) is 0 Å². The molecule has 0 N–H and O–H groups in total. The zero-order chi connectivity index (χ0) is 6.15. The average Bonchev–Trinajstić information content (AvgIpc) is 1.98. The molecule has 3 heteroatoms. The van der Waals surface area contributed by atoms with E-state index in [0.717, 1.165) is 12.8 Å². The van der Waals surface area contributed by atoms with Crippen molar-refractivity contribution in [3.8, 4) is 0 Å². The predicted molar refractivity (Wildman–Crippen MR) is 34.1 cm³/mol. The van der Waals surface area contributed by atoms with Gasteiger partial charge in [-0.1, -0.05) is 0 Å². The normalized spacial score (nSPS) is 29.4. The second kappa shape index (κ2) is 1.80. The second-order valence-corrected chi connectivity index (χ2v) is 2.39. The van der Waals surface area contributed by atoms with Gasteiger partial charge in [0, 0.05) is 12.5 Å². The van der Waals surface area contributed by atoms with Crippen LogP contribution in [-0.2, 0) is 4.79 Å². The van der Waals surface area contributed by atoms with E-state index in [4.69, 9.17) is 0 Å². The molecular weight excluding hydrogens is 101 g/mol. The smallest absolute Gasteiger partial charge is 0.221 e. The lowest BCUT2D eigenvalue weighted by molar-refractivity contribution is -0.124. The Balaban J connectivity index is 2.56. The maximum absolute atomic E-state index is 10.7. The lowest BCUT2D eigenvalue weighted by atomic mass is 10.2. The van der Waals surface area contributed by atoms with Crippen molar-refractivity contribution in [3.05, 3.63) is 0 Å². The summed E-state index contributed by atoms with van der Waals surface area (Å²) in [5.41, 5.74) is 0. The lowest BCUT2D eigenvalue weighted by Gasteiger charge is -2.14. The first-order valence-electron chi connectivity index (χ1n) is 2.97. The van der Waals surface area contributed by atoms with E-state index in [1.165, 1.54) is 0 Å². The summed E-state index contributed by atoms with van der Waals surface area (Å²) < 4.78 is 0. The number of amides is 1. The van der Waals surface area contributed by atoms with Crippen molar-refractivity contribution in [3.63, 3.8) is 0 Å². The molecule has 1 fully saturated rings. The molecule has 44 valence electrons. The van der Waals surface area contributed by atoms with Crippen LogP contribution in [0.4, 0.5) is 0 Å². The van der Waals surface area contributed by atoms with Gasteiger partial charge in [-0.25, -0.2) is 0 Å². The van der Waals surface area contributed by atoms with E-state index in [1.54, 1.807) is 4.81 Å². The van der Waals surface area contributed by atoms with Gasteiger partial charge in [0.15, 0.2) is 0 Å². The van der Waals surface area contributed by atoms with Crippen LogP contribution in [0.3, 0.4) is 0 Å². The predicted octanol–water partition coefficient (Wildman–Crippen LogP) is -0.455. The molecule has 2 nitrogen and oxygen atoms in total. The van der Waals surface area contributed by atoms with Crippen LogP contribution in [0.15, 0.2) is 0 Å². The van der Waals surface area contributed by atoms with Gasteiger partial charge in [0.2, 0.25) is 13.9 Å². The maximum atomic E-state index is 10.7. The summed E-state index contributed by atoms with van der Waals surface area (Å²) in [5, 5.41) is 0. The fourth-order valence-electron chi connectivity index (χ4n) is 0.948. The highest BCUT2D eigenvalue weighted by Crippen LogP contribution is 2.13. The largest absolute Gasteiger partial charge is 0.391 e. The quantitative estimate of drug-likeness (QED) is 0.387. The van der Waals surface area contributed by atoms with Gasteiger partial charge in [-0.2, -0.15) is 0 Å². The Labute approximate surface area is 50.3 Å². The van der Waals surface area contributed by atoms with Gasteiger partial charge in [0.25, 0.3) is 0 Å². The van der Waals surface area contributed by atoms with E-state index in [9.17, 15) is 4.79 Å².